The summed E-state index contributed by atoms with van der Waals surface area (Å²) in [6.45, 7) is 0.426. The van der Waals surface area contributed by atoms with Crippen molar-refractivity contribution in [1.82, 2.24) is 4.98 Å². The quantitative estimate of drug-likeness (QED) is 0.568. The van der Waals surface area contributed by atoms with Gasteiger partial charge in [-0.3, -0.25) is 10.4 Å². The van der Waals surface area contributed by atoms with Crippen LogP contribution in [0.25, 0.3) is 10.9 Å². The maximum absolute atomic E-state index is 7.56. The van der Waals surface area contributed by atoms with E-state index in [-0.39, 0.29) is 5.84 Å². The summed E-state index contributed by atoms with van der Waals surface area (Å²) in [5.41, 5.74) is 8.18. The minimum Gasteiger partial charge on any atom is -0.488 e. The molecule has 1 aromatic heterocycles. The first-order chi connectivity index (χ1) is 10.2. The molecule has 0 aliphatic rings. The Morgan fingerprint density at radius 3 is 2.81 bits per heavy atom. The number of nitrogen functional groups attached to an aromatic ring is 1. The molecular formula is C17H15N3O. The van der Waals surface area contributed by atoms with Crippen molar-refractivity contribution in [2.45, 2.75) is 6.61 Å². The standard InChI is InChI=1S/C17H15N3O/c18-17(19)14-5-1-2-6-16(14)21-11-12-7-8-15-13(10-12)4-3-9-20-15/h1-10H,11H2,(H3,18,19). The number of hydrogen-bond donors (Lipinski definition) is 2. The van der Waals surface area contributed by atoms with Crippen molar-refractivity contribution in [3.05, 3.63) is 71.9 Å². The smallest absolute Gasteiger partial charge is 0.130 e. The van der Waals surface area contributed by atoms with Crippen molar-refractivity contribution in [3.63, 3.8) is 0 Å². The average molecular weight is 277 g/mol. The first-order valence-electron chi connectivity index (χ1n) is 6.64. The molecule has 0 fully saturated rings. The van der Waals surface area contributed by atoms with Gasteiger partial charge in [0.15, 0.2) is 0 Å². The van der Waals surface area contributed by atoms with Gasteiger partial charge in [-0.05, 0) is 35.9 Å². The summed E-state index contributed by atoms with van der Waals surface area (Å²) in [4.78, 5) is 4.29. The lowest BCUT2D eigenvalue weighted by molar-refractivity contribution is 0.306. The van der Waals surface area contributed by atoms with E-state index in [1.807, 2.05) is 42.5 Å². The van der Waals surface area contributed by atoms with Crippen LogP contribution in [-0.4, -0.2) is 10.8 Å². The average Bonchev–Trinajstić information content (AvgIpc) is 2.53. The van der Waals surface area contributed by atoms with E-state index >= 15 is 0 Å². The van der Waals surface area contributed by atoms with Crippen molar-refractivity contribution in [2.24, 2.45) is 5.73 Å². The third-order valence-corrected chi connectivity index (χ3v) is 3.24. The molecule has 3 rings (SSSR count). The SMILES string of the molecule is N=C(N)c1ccccc1OCc1ccc2ncccc2c1. The fourth-order valence-corrected chi connectivity index (χ4v) is 2.19. The van der Waals surface area contributed by atoms with Crippen molar-refractivity contribution in [3.8, 4) is 5.75 Å². The Hall–Kier alpha value is -2.88. The Labute approximate surface area is 122 Å². The summed E-state index contributed by atoms with van der Waals surface area (Å²) in [5, 5.41) is 8.64. The van der Waals surface area contributed by atoms with Gasteiger partial charge in [-0.1, -0.05) is 24.3 Å². The van der Waals surface area contributed by atoms with Gasteiger partial charge in [0.2, 0.25) is 0 Å². The molecule has 4 nitrogen and oxygen atoms in total. The highest BCUT2D eigenvalue weighted by Gasteiger charge is 2.06. The molecule has 3 aromatic rings. The van der Waals surface area contributed by atoms with E-state index < -0.39 is 0 Å². The molecule has 0 aliphatic heterocycles. The minimum atomic E-state index is 0.00770. The molecule has 3 N–H and O–H groups in total. The largest absolute Gasteiger partial charge is 0.488 e. The van der Waals surface area contributed by atoms with Gasteiger partial charge in [0, 0.05) is 11.6 Å². The second-order valence-electron chi connectivity index (χ2n) is 4.73. The Kier molecular flexibility index (Phi) is 3.51. The Morgan fingerprint density at radius 1 is 1.10 bits per heavy atom. The number of nitrogens with two attached hydrogens (primary N) is 1. The molecule has 2 aromatic carbocycles. The van der Waals surface area contributed by atoms with Crippen LogP contribution in [0.15, 0.2) is 60.8 Å². The topological polar surface area (TPSA) is 72.0 Å². The molecule has 0 unspecified atom stereocenters. The number of hydrogen-bond acceptors (Lipinski definition) is 3. The normalized spacial score (nSPS) is 10.5. The number of benzene rings is 2. The van der Waals surface area contributed by atoms with Crippen LogP contribution in [0.1, 0.15) is 11.1 Å². The molecular weight excluding hydrogens is 262 g/mol. The van der Waals surface area contributed by atoms with E-state index in [0.29, 0.717) is 17.9 Å². The van der Waals surface area contributed by atoms with Crippen LogP contribution in [0.2, 0.25) is 0 Å². The summed E-state index contributed by atoms with van der Waals surface area (Å²) >= 11 is 0. The Bertz CT molecular complexity index is 799. The van der Waals surface area contributed by atoms with Gasteiger partial charge in [0.25, 0.3) is 0 Å². The third kappa shape index (κ3) is 2.84. The van der Waals surface area contributed by atoms with Gasteiger partial charge >= 0.3 is 0 Å². The van der Waals surface area contributed by atoms with Crippen molar-refractivity contribution >= 4 is 16.7 Å². The summed E-state index contributed by atoms with van der Waals surface area (Å²) in [6, 6.07) is 17.3. The van der Waals surface area contributed by atoms with E-state index in [1.165, 1.54) is 0 Å². The number of nitrogens with one attached hydrogen (secondary N) is 1. The van der Waals surface area contributed by atoms with Crippen LogP contribution in [0.4, 0.5) is 0 Å². The molecule has 0 radical (unpaired) electrons. The van der Waals surface area contributed by atoms with Crippen molar-refractivity contribution in [1.29, 1.82) is 5.41 Å². The third-order valence-electron chi connectivity index (χ3n) is 3.24. The summed E-state index contributed by atoms with van der Waals surface area (Å²) in [7, 11) is 0. The minimum absolute atomic E-state index is 0.00770. The fraction of sp³-hybridized carbons (Fsp3) is 0.0588. The maximum Gasteiger partial charge on any atom is 0.130 e. The lowest BCUT2D eigenvalue weighted by atomic mass is 10.1. The van der Waals surface area contributed by atoms with Gasteiger partial charge < -0.3 is 10.5 Å². The maximum atomic E-state index is 7.56. The molecule has 21 heavy (non-hydrogen) atoms. The second-order valence-corrected chi connectivity index (χ2v) is 4.73. The first-order valence-corrected chi connectivity index (χ1v) is 6.64. The molecule has 4 heteroatoms. The molecule has 0 spiro atoms. The van der Waals surface area contributed by atoms with Crippen LogP contribution in [-0.2, 0) is 6.61 Å². The van der Waals surface area contributed by atoms with Crippen molar-refractivity contribution < 1.29 is 4.74 Å². The summed E-state index contributed by atoms with van der Waals surface area (Å²) in [5.74, 6) is 0.629. The number of rotatable bonds is 4. The number of para-hydroxylation sites is 1. The van der Waals surface area contributed by atoms with Crippen LogP contribution in [0, 0.1) is 5.41 Å². The molecule has 0 saturated heterocycles. The number of amidine groups is 1. The van der Waals surface area contributed by atoms with E-state index in [2.05, 4.69) is 11.1 Å². The Balaban J connectivity index is 1.82. The van der Waals surface area contributed by atoms with Crippen LogP contribution in [0.3, 0.4) is 0 Å². The Morgan fingerprint density at radius 2 is 1.95 bits per heavy atom. The molecule has 0 atom stereocenters. The first kappa shape index (κ1) is 13.1. The van der Waals surface area contributed by atoms with Crippen LogP contribution in [0.5, 0.6) is 5.75 Å². The number of aromatic nitrogens is 1. The highest BCUT2D eigenvalue weighted by Crippen LogP contribution is 2.20. The highest BCUT2D eigenvalue weighted by molar-refractivity contribution is 5.97. The highest BCUT2D eigenvalue weighted by atomic mass is 16.5. The van der Waals surface area contributed by atoms with Crippen molar-refractivity contribution in [2.75, 3.05) is 0 Å². The zero-order valence-electron chi connectivity index (χ0n) is 11.4. The van der Waals surface area contributed by atoms with Gasteiger partial charge in [-0.2, -0.15) is 0 Å². The van der Waals surface area contributed by atoms with E-state index in [1.54, 1.807) is 12.3 Å². The molecule has 104 valence electrons. The number of pyridine rings is 1. The predicted molar refractivity (Wildman–Crippen MR) is 83.5 cm³/mol. The monoisotopic (exact) mass is 277 g/mol. The number of ether oxygens (including phenoxy) is 1. The van der Waals surface area contributed by atoms with E-state index in [9.17, 15) is 0 Å². The molecule has 0 bridgehead atoms. The van der Waals surface area contributed by atoms with Gasteiger partial charge in [-0.15, -0.1) is 0 Å². The van der Waals surface area contributed by atoms with E-state index in [0.717, 1.165) is 16.5 Å². The van der Waals surface area contributed by atoms with E-state index in [4.69, 9.17) is 15.9 Å². The van der Waals surface area contributed by atoms with Gasteiger partial charge in [0.1, 0.15) is 18.2 Å². The van der Waals surface area contributed by atoms with Crippen LogP contribution < -0.4 is 10.5 Å². The summed E-state index contributed by atoms with van der Waals surface area (Å²) in [6.07, 6.45) is 1.78. The van der Waals surface area contributed by atoms with Gasteiger partial charge in [0.05, 0.1) is 11.1 Å². The van der Waals surface area contributed by atoms with Crippen LogP contribution >= 0.6 is 0 Å². The number of fused-ring (bicyclic) bond motifs is 1. The number of nitrogens with zero attached hydrogens (tertiary/aromatic N) is 1. The molecule has 1 heterocycles. The zero-order chi connectivity index (χ0) is 14.7. The molecule has 0 saturated carbocycles. The lowest BCUT2D eigenvalue weighted by Crippen LogP contribution is -2.13. The molecule has 0 aliphatic carbocycles. The molecule has 0 amide bonds. The van der Waals surface area contributed by atoms with Gasteiger partial charge in [-0.25, -0.2) is 0 Å². The fourth-order valence-electron chi connectivity index (χ4n) is 2.19. The lowest BCUT2D eigenvalue weighted by Gasteiger charge is -2.10. The predicted octanol–water partition coefficient (Wildman–Crippen LogP) is 3.10. The summed E-state index contributed by atoms with van der Waals surface area (Å²) < 4.78 is 5.79. The zero-order valence-corrected chi connectivity index (χ0v) is 11.4. The second kappa shape index (κ2) is 5.63.